The highest BCUT2D eigenvalue weighted by Crippen LogP contribution is 2.23. The van der Waals surface area contributed by atoms with Gasteiger partial charge in [-0.2, -0.15) is 0 Å². The molecule has 3 saturated heterocycles. The Labute approximate surface area is 130 Å². The Bertz CT molecular complexity index is 215. The maximum Gasteiger partial charge on any atom is 0.0161 e. The minimum absolute atomic E-state index is 0.844. The van der Waals surface area contributed by atoms with Crippen molar-refractivity contribution in [3.8, 4) is 0 Å². The molecule has 0 bridgehead atoms. The van der Waals surface area contributed by atoms with E-state index >= 15 is 0 Å². The zero-order valence-corrected chi connectivity index (χ0v) is 14.0. The second-order valence-corrected chi connectivity index (χ2v) is 6.39. The molecule has 0 aliphatic carbocycles. The molecule has 3 aliphatic heterocycles. The van der Waals surface area contributed by atoms with Gasteiger partial charge in [0.15, 0.2) is 0 Å². The zero-order valence-electron chi connectivity index (χ0n) is 14.0. The van der Waals surface area contributed by atoms with Gasteiger partial charge in [0.1, 0.15) is 0 Å². The van der Waals surface area contributed by atoms with Gasteiger partial charge in [0, 0.05) is 39.3 Å². The van der Waals surface area contributed by atoms with Crippen LogP contribution in [0.2, 0.25) is 0 Å². The van der Waals surface area contributed by atoms with Crippen molar-refractivity contribution in [3.63, 3.8) is 0 Å². The topological polar surface area (TPSA) is 39.0 Å². The minimum atomic E-state index is 0.844. The van der Waals surface area contributed by atoms with Crippen molar-refractivity contribution >= 4 is 0 Å². The van der Waals surface area contributed by atoms with Gasteiger partial charge in [0.2, 0.25) is 0 Å². The number of nitrogens with two attached hydrogens (primary N) is 1. The Morgan fingerprint density at radius 2 is 1.05 bits per heavy atom. The Morgan fingerprint density at radius 3 is 1.24 bits per heavy atom. The molecule has 0 aromatic rings. The van der Waals surface area contributed by atoms with Gasteiger partial charge in [-0.05, 0) is 51.5 Å². The highest BCUT2D eigenvalue weighted by molar-refractivity contribution is 4.71. The summed E-state index contributed by atoms with van der Waals surface area (Å²) in [5, 5.41) is 10.2. The summed E-state index contributed by atoms with van der Waals surface area (Å²) in [6, 6.07) is 0. The van der Waals surface area contributed by atoms with E-state index in [2.05, 4.69) is 27.2 Å². The lowest BCUT2D eigenvalue weighted by Gasteiger charge is -2.43. The Kier molecular flexibility index (Phi) is 7.96. The van der Waals surface area contributed by atoms with Crippen LogP contribution in [0.5, 0.6) is 0 Å². The van der Waals surface area contributed by atoms with E-state index in [1.807, 2.05) is 0 Å². The van der Waals surface area contributed by atoms with Gasteiger partial charge >= 0.3 is 0 Å². The van der Waals surface area contributed by atoms with Crippen LogP contribution in [0.3, 0.4) is 0 Å². The molecule has 124 valence electrons. The molecule has 0 spiro atoms. The van der Waals surface area contributed by atoms with Crippen molar-refractivity contribution < 1.29 is 0 Å². The van der Waals surface area contributed by atoms with E-state index in [9.17, 15) is 0 Å². The number of hydrazine groups is 3. The second-order valence-electron chi connectivity index (χ2n) is 6.39. The van der Waals surface area contributed by atoms with Crippen LogP contribution < -0.4 is 5.73 Å². The van der Waals surface area contributed by atoms with E-state index in [4.69, 9.17) is 5.73 Å². The largest absolute Gasteiger partial charge is 0.330 e. The van der Waals surface area contributed by atoms with Crippen LogP contribution in [0, 0.1) is 0 Å². The molecule has 3 aliphatic rings. The standard InChI is InChI=1S/C12H24N4.C4H11N/c1-2-8-13(7-1)16(14-9-3-4-10-14)15-11-5-6-12-15;1-2-3-4-5/h1-12H2;2-5H2,1H3. The third-order valence-corrected chi connectivity index (χ3v) is 4.56. The van der Waals surface area contributed by atoms with Crippen LogP contribution in [0.4, 0.5) is 0 Å². The molecular formula is C16H35N5. The average Bonchev–Trinajstić information content (AvgIpc) is 3.26. The fourth-order valence-electron chi connectivity index (χ4n) is 3.38. The summed E-state index contributed by atoms with van der Waals surface area (Å²) in [7, 11) is 0. The van der Waals surface area contributed by atoms with Gasteiger partial charge in [-0.3, -0.25) is 0 Å². The molecule has 3 fully saturated rings. The van der Waals surface area contributed by atoms with Crippen LogP contribution >= 0.6 is 0 Å². The lowest BCUT2D eigenvalue weighted by Crippen LogP contribution is -2.59. The van der Waals surface area contributed by atoms with Crippen molar-refractivity contribution in [2.45, 2.75) is 58.3 Å². The summed E-state index contributed by atoms with van der Waals surface area (Å²) in [6.07, 6.45) is 10.6. The smallest absolute Gasteiger partial charge is 0.0161 e. The number of rotatable bonds is 5. The van der Waals surface area contributed by atoms with Crippen molar-refractivity contribution in [1.82, 2.24) is 20.3 Å². The first-order chi connectivity index (χ1) is 10.4. The maximum atomic E-state index is 5.14. The molecule has 0 atom stereocenters. The second kappa shape index (κ2) is 9.74. The predicted octanol–water partition coefficient (Wildman–Crippen LogP) is 2.07. The Balaban J connectivity index is 0.000000282. The van der Waals surface area contributed by atoms with Crippen LogP contribution in [-0.2, 0) is 0 Å². The lowest BCUT2D eigenvalue weighted by molar-refractivity contribution is -0.289. The van der Waals surface area contributed by atoms with Crippen molar-refractivity contribution in [2.75, 3.05) is 45.8 Å². The van der Waals surface area contributed by atoms with Gasteiger partial charge < -0.3 is 5.73 Å². The minimum Gasteiger partial charge on any atom is -0.330 e. The fourth-order valence-corrected chi connectivity index (χ4v) is 3.38. The van der Waals surface area contributed by atoms with E-state index < -0.39 is 0 Å². The summed E-state index contributed by atoms with van der Waals surface area (Å²) < 4.78 is 0. The zero-order chi connectivity index (χ0) is 14.9. The summed E-state index contributed by atoms with van der Waals surface area (Å²) >= 11 is 0. The Morgan fingerprint density at radius 1 is 0.714 bits per heavy atom. The van der Waals surface area contributed by atoms with Crippen molar-refractivity contribution in [3.05, 3.63) is 0 Å². The summed E-state index contributed by atoms with van der Waals surface area (Å²) in [5.74, 6) is 0. The summed E-state index contributed by atoms with van der Waals surface area (Å²) in [4.78, 5) is 0. The fraction of sp³-hybridized carbons (Fsp3) is 1.00. The third kappa shape index (κ3) is 5.18. The first-order valence-corrected chi connectivity index (χ1v) is 9.11. The average molecular weight is 297 g/mol. The van der Waals surface area contributed by atoms with E-state index in [1.165, 1.54) is 90.6 Å². The van der Waals surface area contributed by atoms with Crippen LogP contribution in [0.1, 0.15) is 58.3 Å². The SMILES string of the molecule is C1CCN(N(N2CCCC2)N2CCCC2)C1.CCCCN. The quantitative estimate of drug-likeness (QED) is 0.841. The molecule has 0 aromatic carbocycles. The monoisotopic (exact) mass is 297 g/mol. The van der Waals surface area contributed by atoms with E-state index in [1.54, 1.807) is 0 Å². The van der Waals surface area contributed by atoms with Crippen molar-refractivity contribution in [1.29, 1.82) is 0 Å². The third-order valence-electron chi connectivity index (χ3n) is 4.56. The van der Waals surface area contributed by atoms with Crippen LogP contribution in [-0.4, -0.2) is 66.1 Å². The molecule has 0 aromatic heterocycles. The normalized spacial score (nSPS) is 24.7. The highest BCUT2D eigenvalue weighted by Gasteiger charge is 2.32. The molecule has 0 amide bonds. The first kappa shape index (κ1) is 17.2. The molecule has 5 heteroatoms. The highest BCUT2D eigenvalue weighted by atomic mass is 16.0. The molecule has 0 saturated carbocycles. The number of nitrogens with zero attached hydrogens (tertiary/aromatic N) is 4. The van der Waals surface area contributed by atoms with E-state index in [0.29, 0.717) is 0 Å². The maximum absolute atomic E-state index is 5.14. The molecule has 5 nitrogen and oxygen atoms in total. The first-order valence-electron chi connectivity index (χ1n) is 9.11. The molecule has 21 heavy (non-hydrogen) atoms. The molecule has 2 N–H and O–H groups in total. The molecule has 3 heterocycles. The van der Waals surface area contributed by atoms with Gasteiger partial charge in [0.25, 0.3) is 0 Å². The molecule has 0 unspecified atom stereocenters. The number of hydrogen-bond acceptors (Lipinski definition) is 5. The van der Waals surface area contributed by atoms with Gasteiger partial charge in [0.05, 0.1) is 0 Å². The van der Waals surface area contributed by atoms with Crippen LogP contribution in [0.25, 0.3) is 0 Å². The van der Waals surface area contributed by atoms with Gasteiger partial charge in [-0.25, -0.2) is 15.0 Å². The number of unbranched alkanes of at least 4 members (excludes halogenated alkanes) is 1. The molecule has 3 rings (SSSR count). The predicted molar refractivity (Wildman–Crippen MR) is 88.2 cm³/mol. The van der Waals surface area contributed by atoms with Crippen LogP contribution in [0.15, 0.2) is 0 Å². The summed E-state index contributed by atoms with van der Waals surface area (Å²) in [5.41, 5.74) is 5.14. The van der Waals surface area contributed by atoms with Gasteiger partial charge in [-0.15, -0.1) is 5.23 Å². The molecule has 0 radical (unpaired) electrons. The van der Waals surface area contributed by atoms with Crippen molar-refractivity contribution in [2.24, 2.45) is 5.73 Å². The number of hydrogen-bond donors (Lipinski definition) is 1. The Hall–Kier alpha value is -0.200. The van der Waals surface area contributed by atoms with E-state index in [0.717, 1.165) is 6.54 Å². The lowest BCUT2D eigenvalue weighted by atomic mass is 10.3. The summed E-state index contributed by atoms with van der Waals surface area (Å²) in [6.45, 7) is 10.5. The van der Waals surface area contributed by atoms with E-state index in [-0.39, 0.29) is 0 Å². The van der Waals surface area contributed by atoms with Gasteiger partial charge in [-0.1, -0.05) is 13.3 Å². The molecular weight excluding hydrogens is 262 g/mol.